The highest BCUT2D eigenvalue weighted by Crippen LogP contribution is 2.09. The summed E-state index contributed by atoms with van der Waals surface area (Å²) in [5.74, 6) is 0.637. The maximum Gasteiger partial charge on any atom is 0.242 e. The summed E-state index contributed by atoms with van der Waals surface area (Å²) in [4.78, 5) is 8.18. The van der Waals surface area contributed by atoms with Crippen molar-refractivity contribution in [3.63, 3.8) is 0 Å². The molecule has 0 spiro atoms. The summed E-state index contributed by atoms with van der Waals surface area (Å²) in [6.45, 7) is 2.83. The van der Waals surface area contributed by atoms with Crippen molar-refractivity contribution in [2.24, 2.45) is 0 Å². The number of nitrogens with one attached hydrogen (secondary N) is 1. The molecule has 0 bridgehead atoms. The Morgan fingerprint density at radius 2 is 2.46 bits per heavy atom. The van der Waals surface area contributed by atoms with Gasteiger partial charge in [0.05, 0.1) is 0 Å². The smallest absolute Gasteiger partial charge is 0.242 e. The van der Waals surface area contributed by atoms with Gasteiger partial charge in [0, 0.05) is 18.1 Å². The predicted molar refractivity (Wildman–Crippen MR) is 51.2 cm³/mol. The zero-order valence-electron chi connectivity index (χ0n) is 7.14. The normalized spacial score (nSPS) is 10.2. The summed E-state index contributed by atoms with van der Waals surface area (Å²) in [5.41, 5.74) is 0. The van der Waals surface area contributed by atoms with Crippen LogP contribution in [0.25, 0.3) is 5.13 Å². The monoisotopic (exact) mass is 195 g/mol. The van der Waals surface area contributed by atoms with Gasteiger partial charge in [-0.15, -0.1) is 16.4 Å². The minimum absolute atomic E-state index is 0.637. The van der Waals surface area contributed by atoms with E-state index in [2.05, 4.69) is 20.4 Å². The zero-order valence-corrected chi connectivity index (χ0v) is 7.95. The Morgan fingerprint density at radius 1 is 1.54 bits per heavy atom. The first-order valence-corrected chi connectivity index (χ1v) is 4.83. The molecule has 0 aromatic carbocycles. The highest BCUT2D eigenvalue weighted by atomic mass is 32.1. The van der Waals surface area contributed by atoms with Crippen LogP contribution in [0.1, 0.15) is 6.92 Å². The van der Waals surface area contributed by atoms with Gasteiger partial charge in [-0.2, -0.15) is 4.68 Å². The summed E-state index contributed by atoms with van der Waals surface area (Å²) in [6.07, 6.45) is 3.39. The quantitative estimate of drug-likeness (QED) is 0.798. The second kappa shape index (κ2) is 3.53. The van der Waals surface area contributed by atoms with Gasteiger partial charge in [0.25, 0.3) is 0 Å². The fraction of sp³-hybridized carbons (Fsp3) is 0.286. The SMILES string of the molecule is CCNc1ncn(-c2nccs2)n1. The van der Waals surface area contributed by atoms with E-state index in [4.69, 9.17) is 0 Å². The number of hydrogen-bond acceptors (Lipinski definition) is 5. The van der Waals surface area contributed by atoms with E-state index in [9.17, 15) is 0 Å². The first-order chi connectivity index (χ1) is 6.40. The lowest BCUT2D eigenvalue weighted by Gasteiger charge is -1.93. The molecule has 2 aromatic heterocycles. The molecule has 0 unspecified atom stereocenters. The van der Waals surface area contributed by atoms with Gasteiger partial charge in [0.15, 0.2) is 0 Å². The standard InChI is InChI=1S/C7H9N5S/c1-2-8-6-10-5-12(11-6)7-9-3-4-13-7/h3-5H,2H2,1H3,(H,8,11). The van der Waals surface area contributed by atoms with E-state index in [0.29, 0.717) is 5.95 Å². The van der Waals surface area contributed by atoms with E-state index in [1.165, 1.54) is 11.3 Å². The Bertz CT molecular complexity index is 366. The average molecular weight is 195 g/mol. The van der Waals surface area contributed by atoms with Crippen molar-refractivity contribution < 1.29 is 0 Å². The lowest BCUT2D eigenvalue weighted by atomic mass is 10.7. The minimum atomic E-state index is 0.637. The van der Waals surface area contributed by atoms with Gasteiger partial charge in [-0.25, -0.2) is 9.97 Å². The molecule has 0 radical (unpaired) electrons. The molecule has 0 aliphatic heterocycles. The van der Waals surface area contributed by atoms with Crippen LogP contribution in [0.4, 0.5) is 5.95 Å². The van der Waals surface area contributed by atoms with Crippen LogP contribution in [0, 0.1) is 0 Å². The Morgan fingerprint density at radius 3 is 3.15 bits per heavy atom. The molecule has 0 saturated carbocycles. The molecule has 0 aliphatic carbocycles. The van der Waals surface area contributed by atoms with Crippen molar-refractivity contribution in [2.45, 2.75) is 6.92 Å². The molecular weight excluding hydrogens is 186 g/mol. The Hall–Kier alpha value is -1.43. The summed E-state index contributed by atoms with van der Waals surface area (Å²) in [7, 11) is 0. The predicted octanol–water partition coefficient (Wildman–Crippen LogP) is 1.16. The molecule has 1 N–H and O–H groups in total. The summed E-state index contributed by atoms with van der Waals surface area (Å²) < 4.78 is 1.66. The maximum atomic E-state index is 4.18. The summed E-state index contributed by atoms with van der Waals surface area (Å²) in [5, 5.41) is 9.95. The van der Waals surface area contributed by atoms with Crippen LogP contribution >= 0.6 is 11.3 Å². The Balaban J connectivity index is 2.23. The van der Waals surface area contributed by atoms with E-state index < -0.39 is 0 Å². The third-order valence-corrected chi connectivity index (χ3v) is 2.20. The Kier molecular flexibility index (Phi) is 2.22. The second-order valence-corrected chi connectivity index (χ2v) is 3.23. The van der Waals surface area contributed by atoms with Crippen LogP contribution in [0.2, 0.25) is 0 Å². The molecule has 68 valence electrons. The molecule has 2 rings (SSSR count). The number of rotatable bonds is 3. The van der Waals surface area contributed by atoms with E-state index in [-0.39, 0.29) is 0 Å². The lowest BCUT2D eigenvalue weighted by molar-refractivity contribution is 0.867. The van der Waals surface area contributed by atoms with E-state index in [1.807, 2.05) is 12.3 Å². The lowest BCUT2D eigenvalue weighted by Crippen LogP contribution is -2.00. The second-order valence-electron chi connectivity index (χ2n) is 2.36. The first-order valence-electron chi connectivity index (χ1n) is 3.95. The maximum absolute atomic E-state index is 4.18. The molecule has 13 heavy (non-hydrogen) atoms. The number of hydrogen-bond donors (Lipinski definition) is 1. The fourth-order valence-corrected chi connectivity index (χ4v) is 1.48. The summed E-state index contributed by atoms with van der Waals surface area (Å²) >= 11 is 1.53. The molecule has 6 heteroatoms. The highest BCUT2D eigenvalue weighted by Gasteiger charge is 2.02. The number of thiazole rings is 1. The molecule has 2 heterocycles. The van der Waals surface area contributed by atoms with Gasteiger partial charge in [-0.3, -0.25) is 0 Å². The van der Waals surface area contributed by atoms with Crippen LogP contribution in [-0.2, 0) is 0 Å². The van der Waals surface area contributed by atoms with Crippen LogP contribution < -0.4 is 5.32 Å². The van der Waals surface area contributed by atoms with Gasteiger partial charge in [0.2, 0.25) is 11.1 Å². The third-order valence-electron chi connectivity index (χ3n) is 1.44. The number of anilines is 1. The fourth-order valence-electron chi connectivity index (χ4n) is 0.923. The molecular formula is C7H9N5S. The van der Waals surface area contributed by atoms with Crippen LogP contribution in [0.15, 0.2) is 17.9 Å². The van der Waals surface area contributed by atoms with Crippen molar-refractivity contribution >= 4 is 17.3 Å². The molecule has 0 fully saturated rings. The molecule has 0 saturated heterocycles. The third kappa shape index (κ3) is 1.67. The first kappa shape index (κ1) is 8.18. The van der Waals surface area contributed by atoms with E-state index >= 15 is 0 Å². The largest absolute Gasteiger partial charge is 0.353 e. The number of aromatic nitrogens is 4. The van der Waals surface area contributed by atoms with Crippen molar-refractivity contribution in [1.82, 2.24) is 19.7 Å². The van der Waals surface area contributed by atoms with Crippen LogP contribution in [0.5, 0.6) is 0 Å². The van der Waals surface area contributed by atoms with E-state index in [1.54, 1.807) is 17.2 Å². The zero-order chi connectivity index (χ0) is 9.10. The van der Waals surface area contributed by atoms with Gasteiger partial charge in [-0.05, 0) is 6.92 Å². The minimum Gasteiger partial charge on any atom is -0.353 e. The van der Waals surface area contributed by atoms with Crippen LogP contribution in [0.3, 0.4) is 0 Å². The molecule has 0 amide bonds. The Labute approximate surface area is 79.5 Å². The molecule has 0 aliphatic rings. The molecule has 0 atom stereocenters. The van der Waals surface area contributed by atoms with Crippen molar-refractivity contribution in [2.75, 3.05) is 11.9 Å². The number of nitrogens with zero attached hydrogens (tertiary/aromatic N) is 4. The van der Waals surface area contributed by atoms with Gasteiger partial charge in [0.1, 0.15) is 6.33 Å². The van der Waals surface area contributed by atoms with Crippen LogP contribution in [-0.4, -0.2) is 26.3 Å². The van der Waals surface area contributed by atoms with Crippen molar-refractivity contribution in [1.29, 1.82) is 0 Å². The summed E-state index contributed by atoms with van der Waals surface area (Å²) in [6, 6.07) is 0. The van der Waals surface area contributed by atoms with Crippen molar-refractivity contribution in [3.05, 3.63) is 17.9 Å². The molecule has 5 nitrogen and oxygen atoms in total. The van der Waals surface area contributed by atoms with Gasteiger partial charge < -0.3 is 5.32 Å². The van der Waals surface area contributed by atoms with E-state index in [0.717, 1.165) is 11.7 Å². The molecule has 2 aromatic rings. The van der Waals surface area contributed by atoms with Crippen molar-refractivity contribution in [3.8, 4) is 5.13 Å². The highest BCUT2D eigenvalue weighted by molar-refractivity contribution is 7.12. The topological polar surface area (TPSA) is 55.6 Å². The average Bonchev–Trinajstić information content (AvgIpc) is 2.70. The van der Waals surface area contributed by atoms with Gasteiger partial charge in [-0.1, -0.05) is 0 Å². The van der Waals surface area contributed by atoms with Gasteiger partial charge >= 0.3 is 0 Å².